The highest BCUT2D eigenvalue weighted by Crippen LogP contribution is 2.23. The van der Waals surface area contributed by atoms with Crippen molar-refractivity contribution in [2.45, 2.75) is 46.2 Å². The Hall–Kier alpha value is -0.0800. The van der Waals surface area contributed by atoms with Gasteiger partial charge < -0.3 is 4.74 Å². The van der Waals surface area contributed by atoms with E-state index in [9.17, 15) is 0 Å². The summed E-state index contributed by atoms with van der Waals surface area (Å²) >= 11 is 0. The zero-order valence-corrected chi connectivity index (χ0v) is 9.63. The molecule has 13 heavy (non-hydrogen) atoms. The Morgan fingerprint density at radius 2 is 1.85 bits per heavy atom. The molecule has 0 aromatic rings. The molecule has 0 aromatic heterocycles. The van der Waals surface area contributed by atoms with Gasteiger partial charge >= 0.3 is 0 Å². The van der Waals surface area contributed by atoms with E-state index in [0.717, 1.165) is 19.8 Å². The lowest BCUT2D eigenvalue weighted by molar-refractivity contribution is 0.0770. The van der Waals surface area contributed by atoms with E-state index >= 15 is 0 Å². The molecule has 1 heterocycles. The van der Waals surface area contributed by atoms with Gasteiger partial charge in [0.25, 0.3) is 0 Å². The Labute approximate surface area is 82.3 Å². The van der Waals surface area contributed by atoms with Crippen molar-refractivity contribution in [2.24, 2.45) is 5.92 Å². The Morgan fingerprint density at radius 3 is 2.38 bits per heavy atom. The standard InChI is InChI=1S/C11H23NO/c1-9-8-13-7-6-12(10(9)2)11(3,4)5/h9-10H,6-8H2,1-5H3. The van der Waals surface area contributed by atoms with Gasteiger partial charge in [0, 0.05) is 18.1 Å². The molecule has 0 spiro atoms. The molecule has 1 aliphatic rings. The Kier molecular flexibility index (Phi) is 3.36. The lowest BCUT2D eigenvalue weighted by Gasteiger charge is -2.40. The molecule has 1 rings (SSSR count). The molecule has 0 aliphatic carbocycles. The summed E-state index contributed by atoms with van der Waals surface area (Å²) in [6.07, 6.45) is 0. The monoisotopic (exact) mass is 185 g/mol. The first-order valence-electron chi connectivity index (χ1n) is 5.27. The predicted octanol–water partition coefficient (Wildman–Crippen LogP) is 2.14. The summed E-state index contributed by atoms with van der Waals surface area (Å²) in [7, 11) is 0. The van der Waals surface area contributed by atoms with E-state index in [1.165, 1.54) is 0 Å². The van der Waals surface area contributed by atoms with Crippen molar-refractivity contribution in [3.63, 3.8) is 0 Å². The smallest absolute Gasteiger partial charge is 0.0593 e. The SMILES string of the molecule is CC1COCCN(C(C)(C)C)C1C. The molecule has 78 valence electrons. The van der Waals surface area contributed by atoms with Crippen LogP contribution in [0.1, 0.15) is 34.6 Å². The molecular formula is C11H23NO. The van der Waals surface area contributed by atoms with Crippen molar-refractivity contribution in [3.05, 3.63) is 0 Å². The third kappa shape index (κ3) is 2.68. The van der Waals surface area contributed by atoms with E-state index in [0.29, 0.717) is 12.0 Å². The molecule has 2 heteroatoms. The molecule has 1 aliphatic heterocycles. The van der Waals surface area contributed by atoms with Gasteiger partial charge in [-0.05, 0) is 33.6 Å². The van der Waals surface area contributed by atoms with Crippen LogP contribution in [0, 0.1) is 5.92 Å². The molecular weight excluding hydrogens is 162 g/mol. The average molecular weight is 185 g/mol. The molecule has 0 N–H and O–H groups in total. The Bertz CT molecular complexity index is 162. The second kappa shape index (κ2) is 3.97. The molecule has 0 bridgehead atoms. The van der Waals surface area contributed by atoms with Crippen LogP contribution >= 0.6 is 0 Å². The van der Waals surface area contributed by atoms with Crippen molar-refractivity contribution in [1.82, 2.24) is 4.90 Å². The molecule has 1 fully saturated rings. The lowest BCUT2D eigenvalue weighted by Crippen LogP contribution is -2.49. The van der Waals surface area contributed by atoms with Crippen molar-refractivity contribution >= 4 is 0 Å². The first-order chi connectivity index (χ1) is 5.93. The van der Waals surface area contributed by atoms with Crippen molar-refractivity contribution in [2.75, 3.05) is 19.8 Å². The van der Waals surface area contributed by atoms with Crippen LogP contribution in [0.4, 0.5) is 0 Å². The van der Waals surface area contributed by atoms with Crippen LogP contribution in [0.2, 0.25) is 0 Å². The fraction of sp³-hybridized carbons (Fsp3) is 1.00. The number of nitrogens with zero attached hydrogens (tertiary/aromatic N) is 1. The van der Waals surface area contributed by atoms with Crippen LogP contribution in [-0.2, 0) is 4.74 Å². The largest absolute Gasteiger partial charge is 0.380 e. The fourth-order valence-electron chi connectivity index (χ4n) is 2.03. The molecule has 2 atom stereocenters. The third-order valence-corrected chi connectivity index (χ3v) is 3.03. The van der Waals surface area contributed by atoms with Gasteiger partial charge in [0.15, 0.2) is 0 Å². The van der Waals surface area contributed by atoms with Crippen LogP contribution in [-0.4, -0.2) is 36.2 Å². The second-order valence-corrected chi connectivity index (χ2v) is 5.16. The summed E-state index contributed by atoms with van der Waals surface area (Å²) in [5.41, 5.74) is 0.265. The van der Waals surface area contributed by atoms with Gasteiger partial charge in [-0.1, -0.05) is 6.92 Å². The first kappa shape index (κ1) is 11.0. The van der Waals surface area contributed by atoms with E-state index in [4.69, 9.17) is 4.74 Å². The minimum atomic E-state index is 0.265. The van der Waals surface area contributed by atoms with Crippen molar-refractivity contribution in [1.29, 1.82) is 0 Å². The van der Waals surface area contributed by atoms with Crippen LogP contribution in [0.3, 0.4) is 0 Å². The Balaban J connectivity index is 2.70. The lowest BCUT2D eigenvalue weighted by atomic mass is 9.97. The summed E-state index contributed by atoms with van der Waals surface area (Å²) in [4.78, 5) is 2.55. The zero-order valence-electron chi connectivity index (χ0n) is 9.63. The first-order valence-corrected chi connectivity index (χ1v) is 5.27. The maximum absolute atomic E-state index is 5.56. The predicted molar refractivity (Wildman–Crippen MR) is 55.9 cm³/mol. The molecule has 0 aromatic carbocycles. The van der Waals surface area contributed by atoms with Crippen molar-refractivity contribution < 1.29 is 4.74 Å². The average Bonchev–Trinajstić information content (AvgIpc) is 2.14. The maximum atomic E-state index is 5.56. The van der Waals surface area contributed by atoms with Gasteiger partial charge in [-0.2, -0.15) is 0 Å². The van der Waals surface area contributed by atoms with Gasteiger partial charge in [-0.15, -0.1) is 0 Å². The van der Waals surface area contributed by atoms with Gasteiger partial charge in [-0.3, -0.25) is 4.90 Å². The molecule has 2 nitrogen and oxygen atoms in total. The molecule has 2 unspecified atom stereocenters. The fourth-order valence-corrected chi connectivity index (χ4v) is 2.03. The van der Waals surface area contributed by atoms with E-state index in [1.807, 2.05) is 0 Å². The second-order valence-electron chi connectivity index (χ2n) is 5.16. The molecule has 0 radical (unpaired) electrons. The van der Waals surface area contributed by atoms with Gasteiger partial charge in [-0.25, -0.2) is 0 Å². The normalized spacial score (nSPS) is 33.0. The van der Waals surface area contributed by atoms with Crippen LogP contribution in [0.5, 0.6) is 0 Å². The van der Waals surface area contributed by atoms with E-state index in [-0.39, 0.29) is 5.54 Å². The number of hydrogen-bond acceptors (Lipinski definition) is 2. The highest BCUT2D eigenvalue weighted by atomic mass is 16.5. The summed E-state index contributed by atoms with van der Waals surface area (Å²) in [6.45, 7) is 14.3. The Morgan fingerprint density at radius 1 is 1.23 bits per heavy atom. The minimum Gasteiger partial charge on any atom is -0.380 e. The third-order valence-electron chi connectivity index (χ3n) is 3.03. The minimum absolute atomic E-state index is 0.265. The van der Waals surface area contributed by atoms with E-state index < -0.39 is 0 Å². The number of rotatable bonds is 0. The zero-order chi connectivity index (χ0) is 10.1. The van der Waals surface area contributed by atoms with Gasteiger partial charge in [0.1, 0.15) is 0 Å². The van der Waals surface area contributed by atoms with E-state index in [1.54, 1.807) is 0 Å². The highest BCUT2D eigenvalue weighted by Gasteiger charge is 2.30. The van der Waals surface area contributed by atoms with Crippen LogP contribution in [0.25, 0.3) is 0 Å². The van der Waals surface area contributed by atoms with Crippen molar-refractivity contribution in [3.8, 4) is 0 Å². The van der Waals surface area contributed by atoms with Gasteiger partial charge in [0.05, 0.1) is 13.2 Å². The van der Waals surface area contributed by atoms with Gasteiger partial charge in [0.2, 0.25) is 0 Å². The maximum Gasteiger partial charge on any atom is 0.0593 e. The quantitative estimate of drug-likeness (QED) is 0.573. The molecule has 0 saturated carbocycles. The molecule has 0 amide bonds. The summed E-state index contributed by atoms with van der Waals surface area (Å²) in [6, 6.07) is 0.627. The van der Waals surface area contributed by atoms with Crippen LogP contribution in [0.15, 0.2) is 0 Å². The van der Waals surface area contributed by atoms with Crippen LogP contribution < -0.4 is 0 Å². The summed E-state index contributed by atoms with van der Waals surface area (Å²) < 4.78 is 5.56. The number of ether oxygens (including phenoxy) is 1. The number of hydrogen-bond donors (Lipinski definition) is 0. The topological polar surface area (TPSA) is 12.5 Å². The summed E-state index contributed by atoms with van der Waals surface area (Å²) in [5.74, 6) is 0.640. The molecule has 1 saturated heterocycles. The summed E-state index contributed by atoms with van der Waals surface area (Å²) in [5, 5.41) is 0. The highest BCUT2D eigenvalue weighted by molar-refractivity contribution is 4.84. The van der Waals surface area contributed by atoms with E-state index in [2.05, 4.69) is 39.5 Å².